The number of hydroxylamine groups is 2. The molecule has 188 valence electrons. The number of nitrogens with one attached hydrogen (secondary N) is 2. The standard InChI is InChI=1S/C27H34N2O6/c1-2-34-27(32)22(13-12-18-8-4-3-5-9-18)28-25-17-35-24-15-20-11-7-6-10-19(20)14-21(24)23(29(25)33)16-26(30)31/h3-5,8-9,14-15,22-23,25,28-29H,2,6-7,10-13,16-17H2,1H3,(H,30,31). The van der Waals surface area contributed by atoms with Gasteiger partial charge in [0.2, 0.25) is 0 Å². The first-order valence-electron chi connectivity index (χ1n) is 12.5. The summed E-state index contributed by atoms with van der Waals surface area (Å²) in [7, 11) is 0. The molecular weight excluding hydrogens is 448 g/mol. The zero-order valence-corrected chi connectivity index (χ0v) is 20.1. The smallest absolute Gasteiger partial charge is 0.323 e. The summed E-state index contributed by atoms with van der Waals surface area (Å²) in [5.74, 6) is -0.895. The van der Waals surface area contributed by atoms with Crippen LogP contribution in [0.2, 0.25) is 0 Å². The number of carbonyl (C=O) groups excluding carboxylic acids is 1. The molecule has 1 aliphatic carbocycles. The molecule has 0 bridgehead atoms. The molecule has 4 atom stereocenters. The van der Waals surface area contributed by atoms with E-state index < -0.39 is 30.2 Å². The normalized spacial score (nSPS) is 22.2. The second-order valence-electron chi connectivity index (χ2n) is 9.28. The van der Waals surface area contributed by atoms with E-state index in [4.69, 9.17) is 9.47 Å². The Morgan fingerprint density at radius 2 is 1.91 bits per heavy atom. The van der Waals surface area contributed by atoms with Crippen molar-refractivity contribution in [1.82, 2.24) is 5.32 Å². The average Bonchev–Trinajstić information content (AvgIpc) is 2.97. The van der Waals surface area contributed by atoms with Crippen LogP contribution in [0.25, 0.3) is 0 Å². The maximum Gasteiger partial charge on any atom is 0.323 e. The minimum Gasteiger partial charge on any atom is -0.633 e. The highest BCUT2D eigenvalue weighted by Gasteiger charge is 2.37. The number of carboxylic acid groups (broad SMARTS) is 1. The highest BCUT2D eigenvalue weighted by molar-refractivity contribution is 5.75. The number of fused-ring (bicyclic) bond motifs is 2. The van der Waals surface area contributed by atoms with Crippen molar-refractivity contribution in [2.24, 2.45) is 0 Å². The molecule has 0 amide bonds. The first-order chi connectivity index (χ1) is 17.0. The Kier molecular flexibility index (Phi) is 8.38. The molecule has 8 heteroatoms. The third-order valence-electron chi connectivity index (χ3n) is 6.86. The Hall–Kier alpha value is -2.94. The van der Waals surface area contributed by atoms with E-state index in [1.54, 1.807) is 6.92 Å². The monoisotopic (exact) mass is 482 g/mol. The molecule has 4 unspecified atom stereocenters. The fourth-order valence-electron chi connectivity index (χ4n) is 5.06. The first-order valence-corrected chi connectivity index (χ1v) is 12.5. The number of hydrogen-bond acceptors (Lipinski definition) is 6. The van der Waals surface area contributed by atoms with Crippen molar-refractivity contribution in [3.8, 4) is 5.75 Å². The van der Waals surface area contributed by atoms with Crippen molar-refractivity contribution >= 4 is 11.9 Å². The van der Waals surface area contributed by atoms with Crippen LogP contribution in [-0.2, 0) is 33.6 Å². The van der Waals surface area contributed by atoms with Crippen molar-refractivity contribution in [3.05, 3.63) is 69.9 Å². The third-order valence-corrected chi connectivity index (χ3v) is 6.86. The van der Waals surface area contributed by atoms with E-state index in [-0.39, 0.29) is 24.7 Å². The lowest BCUT2D eigenvalue weighted by atomic mass is 9.88. The summed E-state index contributed by atoms with van der Waals surface area (Å²) in [5, 5.41) is 26.1. The van der Waals surface area contributed by atoms with Crippen LogP contribution in [0.1, 0.15) is 60.9 Å². The van der Waals surface area contributed by atoms with Gasteiger partial charge in [-0.3, -0.25) is 14.9 Å². The van der Waals surface area contributed by atoms with Gasteiger partial charge < -0.3 is 24.9 Å². The molecule has 2 aromatic carbocycles. The van der Waals surface area contributed by atoms with Gasteiger partial charge >= 0.3 is 11.9 Å². The van der Waals surface area contributed by atoms with Crippen LogP contribution < -0.4 is 15.1 Å². The highest BCUT2D eigenvalue weighted by atomic mass is 16.5. The minimum atomic E-state index is -1.04. The zero-order chi connectivity index (χ0) is 24.8. The maximum absolute atomic E-state index is 13.6. The number of hydrogen-bond donors (Lipinski definition) is 3. The summed E-state index contributed by atoms with van der Waals surface area (Å²) >= 11 is 0. The second kappa shape index (κ2) is 11.7. The van der Waals surface area contributed by atoms with Gasteiger partial charge in [0.05, 0.1) is 12.2 Å². The van der Waals surface area contributed by atoms with Crippen molar-refractivity contribution in [1.29, 1.82) is 0 Å². The van der Waals surface area contributed by atoms with Gasteiger partial charge in [0.25, 0.3) is 0 Å². The van der Waals surface area contributed by atoms with Crippen LogP contribution in [0, 0.1) is 5.21 Å². The molecule has 0 fully saturated rings. The van der Waals surface area contributed by atoms with Crippen LogP contribution in [0.3, 0.4) is 0 Å². The van der Waals surface area contributed by atoms with E-state index in [9.17, 15) is 19.9 Å². The van der Waals surface area contributed by atoms with Crippen LogP contribution in [-0.4, -0.2) is 42.5 Å². The lowest BCUT2D eigenvalue weighted by Crippen LogP contribution is -3.14. The summed E-state index contributed by atoms with van der Waals surface area (Å²) in [6.07, 6.45) is 3.99. The van der Waals surface area contributed by atoms with Crippen LogP contribution in [0.5, 0.6) is 5.75 Å². The molecule has 8 nitrogen and oxygen atoms in total. The van der Waals surface area contributed by atoms with Crippen LogP contribution >= 0.6 is 0 Å². The summed E-state index contributed by atoms with van der Waals surface area (Å²) in [4.78, 5) is 24.5. The molecule has 3 N–H and O–H groups in total. The second-order valence-corrected chi connectivity index (χ2v) is 9.28. The number of carbonyl (C=O) groups is 2. The summed E-state index contributed by atoms with van der Waals surface area (Å²) in [6, 6.07) is 12.2. The molecule has 0 saturated carbocycles. The summed E-state index contributed by atoms with van der Waals surface area (Å²) < 4.78 is 11.4. The van der Waals surface area contributed by atoms with Crippen molar-refractivity contribution in [2.75, 3.05) is 13.2 Å². The number of aliphatic carboxylic acids is 1. The van der Waals surface area contributed by atoms with E-state index in [0.29, 0.717) is 24.2 Å². The lowest BCUT2D eigenvalue weighted by molar-refractivity contribution is -0.910. The summed E-state index contributed by atoms with van der Waals surface area (Å²) in [5.41, 5.74) is 4.09. The molecule has 0 spiro atoms. The van der Waals surface area contributed by atoms with Gasteiger partial charge in [0, 0.05) is 0 Å². The molecule has 0 aromatic heterocycles. The lowest BCUT2D eigenvalue weighted by Gasteiger charge is -2.37. The Bertz CT molecular complexity index is 1030. The zero-order valence-electron chi connectivity index (χ0n) is 20.1. The Balaban J connectivity index is 1.57. The molecular formula is C27H34N2O6. The van der Waals surface area contributed by atoms with Gasteiger partial charge in [0.15, 0.2) is 12.8 Å². The SMILES string of the molecule is CCOC(=O)C(CCc1ccccc1)NC1COc2cc3c(cc2C(CC(=O)O)[NH+]1[O-])CCCC3. The first kappa shape index (κ1) is 25.2. The fourth-order valence-corrected chi connectivity index (χ4v) is 5.06. The number of esters is 1. The predicted octanol–water partition coefficient (Wildman–Crippen LogP) is 2.34. The highest BCUT2D eigenvalue weighted by Crippen LogP contribution is 2.34. The molecule has 35 heavy (non-hydrogen) atoms. The van der Waals surface area contributed by atoms with E-state index >= 15 is 0 Å². The molecule has 0 saturated heterocycles. The van der Waals surface area contributed by atoms with Gasteiger partial charge in [-0.15, -0.1) is 0 Å². The third kappa shape index (κ3) is 6.20. The van der Waals surface area contributed by atoms with E-state index in [1.165, 1.54) is 11.1 Å². The van der Waals surface area contributed by atoms with Crippen molar-refractivity contribution in [2.45, 2.75) is 70.1 Å². The maximum atomic E-state index is 13.6. The molecule has 1 heterocycles. The van der Waals surface area contributed by atoms with Crippen molar-refractivity contribution < 1.29 is 29.2 Å². The number of carboxylic acids is 1. The van der Waals surface area contributed by atoms with Gasteiger partial charge in [-0.25, -0.2) is 0 Å². The van der Waals surface area contributed by atoms with Crippen LogP contribution in [0.15, 0.2) is 42.5 Å². The number of benzene rings is 2. The minimum absolute atomic E-state index is 0.0297. The molecule has 1 aliphatic heterocycles. The number of quaternary nitrogens is 1. The Morgan fingerprint density at radius 3 is 2.60 bits per heavy atom. The Labute approximate surface area is 205 Å². The van der Waals surface area contributed by atoms with E-state index in [2.05, 4.69) is 5.32 Å². The van der Waals surface area contributed by atoms with Gasteiger partial charge in [0.1, 0.15) is 24.3 Å². The van der Waals surface area contributed by atoms with Crippen molar-refractivity contribution in [3.63, 3.8) is 0 Å². The molecule has 0 radical (unpaired) electrons. The van der Waals surface area contributed by atoms with Gasteiger partial charge in [-0.1, -0.05) is 30.3 Å². The molecule has 2 aliphatic rings. The van der Waals surface area contributed by atoms with E-state index in [0.717, 1.165) is 31.2 Å². The number of ether oxygens (including phenoxy) is 2. The number of aryl methyl sites for hydroxylation is 3. The number of rotatable bonds is 9. The fraction of sp³-hybridized carbons (Fsp3) is 0.481. The van der Waals surface area contributed by atoms with Crippen LogP contribution in [0.4, 0.5) is 0 Å². The summed E-state index contributed by atoms with van der Waals surface area (Å²) in [6.45, 7) is 2.01. The molecule has 2 aromatic rings. The van der Waals surface area contributed by atoms with Gasteiger partial charge in [-0.05, 0) is 74.3 Å². The largest absolute Gasteiger partial charge is 0.633 e. The molecule has 4 rings (SSSR count). The van der Waals surface area contributed by atoms with E-state index in [1.807, 2.05) is 42.5 Å². The quantitative estimate of drug-likeness (QED) is 0.371. The predicted molar refractivity (Wildman–Crippen MR) is 130 cm³/mol. The topological polar surface area (TPSA) is 112 Å². The Morgan fingerprint density at radius 1 is 1.20 bits per heavy atom. The van der Waals surface area contributed by atoms with Gasteiger partial charge in [-0.2, -0.15) is 0 Å². The average molecular weight is 483 g/mol.